The highest BCUT2D eigenvalue weighted by molar-refractivity contribution is 5.65. The predicted octanol–water partition coefficient (Wildman–Crippen LogP) is 2.69. The fourth-order valence-electron chi connectivity index (χ4n) is 0.203. The normalized spacial score (nSPS) is 4.33. The zero-order valence-corrected chi connectivity index (χ0v) is 11.8. The summed E-state index contributed by atoms with van der Waals surface area (Å²) < 4.78 is 4.40. The molecule has 6 nitrogen and oxygen atoms in total. The molecule has 0 aromatic rings. The Bertz CT molecular complexity index is 252. The lowest BCUT2D eigenvalue weighted by atomic mass is 10.8. The van der Waals surface area contributed by atoms with Crippen LogP contribution in [0.3, 0.4) is 0 Å². The zero-order valence-electron chi connectivity index (χ0n) is 11.8. The minimum absolute atomic E-state index is 0.211. The highest BCUT2D eigenvalue weighted by Crippen LogP contribution is 1.69. The van der Waals surface area contributed by atoms with Gasteiger partial charge in [0.15, 0.2) is 0 Å². The molecule has 0 unspecified atom stereocenters. The van der Waals surface area contributed by atoms with E-state index in [1.54, 1.807) is 31.2 Å². The molecule has 18 heavy (non-hydrogen) atoms. The third-order valence-corrected chi connectivity index (χ3v) is 0.348. The lowest BCUT2D eigenvalue weighted by Crippen LogP contribution is -1.95. The van der Waals surface area contributed by atoms with Gasteiger partial charge < -0.3 is 4.74 Å². The van der Waals surface area contributed by atoms with E-state index >= 15 is 0 Å². The summed E-state index contributed by atoms with van der Waals surface area (Å²) in [5, 5.41) is 29.3. The second-order valence-corrected chi connectivity index (χ2v) is 1.82. The van der Waals surface area contributed by atoms with Crippen LogP contribution < -0.4 is 0 Å². The maximum atomic E-state index is 9.82. The van der Waals surface area contributed by atoms with E-state index < -0.39 is 0 Å². The maximum absolute atomic E-state index is 9.82. The van der Waals surface area contributed by atoms with Gasteiger partial charge in [-0.15, -0.1) is 0 Å². The van der Waals surface area contributed by atoms with E-state index in [9.17, 15) is 4.79 Å². The first-order valence-corrected chi connectivity index (χ1v) is 4.80. The molecule has 0 aliphatic rings. The van der Waals surface area contributed by atoms with Gasteiger partial charge in [0, 0.05) is 34.6 Å². The minimum atomic E-state index is -0.211. The van der Waals surface area contributed by atoms with Crippen LogP contribution in [0.1, 0.15) is 41.5 Å². The molecule has 0 amide bonds. The fourth-order valence-corrected chi connectivity index (χ4v) is 0.203. The molecule has 0 aliphatic heterocycles. The molecule has 0 saturated heterocycles. The van der Waals surface area contributed by atoms with Crippen LogP contribution in [0.15, 0.2) is 0 Å². The summed E-state index contributed by atoms with van der Waals surface area (Å²) >= 11 is 0. The summed E-state index contributed by atoms with van der Waals surface area (Å²) in [6, 6.07) is 7.00. The summed E-state index contributed by atoms with van der Waals surface area (Å²) in [4.78, 5) is 9.82. The standard InChI is InChI=1S/C4H8O2.4C2H3N/c1-3-6-4(2)5;4*1-2-3/h3H2,1-2H3;4*1H3. The van der Waals surface area contributed by atoms with Crippen LogP contribution in [0.5, 0.6) is 0 Å². The number of nitrogens with zero attached hydrogens (tertiary/aromatic N) is 4. The van der Waals surface area contributed by atoms with Crippen molar-refractivity contribution in [2.45, 2.75) is 41.5 Å². The minimum Gasteiger partial charge on any atom is -0.466 e. The molecule has 100 valence electrons. The maximum Gasteiger partial charge on any atom is 0.302 e. The van der Waals surface area contributed by atoms with Crippen molar-refractivity contribution < 1.29 is 9.53 Å². The Hall–Kier alpha value is -2.57. The van der Waals surface area contributed by atoms with Crippen molar-refractivity contribution >= 4 is 5.97 Å². The van der Waals surface area contributed by atoms with Gasteiger partial charge in [0.25, 0.3) is 0 Å². The smallest absolute Gasteiger partial charge is 0.302 e. The van der Waals surface area contributed by atoms with Gasteiger partial charge in [0.05, 0.1) is 30.9 Å². The van der Waals surface area contributed by atoms with Gasteiger partial charge in [0.1, 0.15) is 0 Å². The van der Waals surface area contributed by atoms with Crippen LogP contribution >= 0.6 is 0 Å². The van der Waals surface area contributed by atoms with Gasteiger partial charge in [0.2, 0.25) is 0 Å². The first-order chi connectivity index (χ1) is 8.43. The van der Waals surface area contributed by atoms with Gasteiger partial charge in [-0.25, -0.2) is 0 Å². The van der Waals surface area contributed by atoms with Crippen molar-refractivity contribution in [2.24, 2.45) is 0 Å². The number of carbonyl (C=O) groups excluding carboxylic acids is 1. The van der Waals surface area contributed by atoms with Crippen molar-refractivity contribution in [3.05, 3.63) is 0 Å². The molecule has 6 heteroatoms. The Morgan fingerprint density at radius 2 is 1.06 bits per heavy atom. The van der Waals surface area contributed by atoms with Crippen molar-refractivity contribution in [2.75, 3.05) is 6.61 Å². The van der Waals surface area contributed by atoms with E-state index in [4.69, 9.17) is 21.0 Å². The summed E-state index contributed by atoms with van der Waals surface area (Å²) in [7, 11) is 0. The van der Waals surface area contributed by atoms with Gasteiger partial charge in [-0.05, 0) is 6.92 Å². The molecule has 0 fully saturated rings. The highest BCUT2D eigenvalue weighted by atomic mass is 16.5. The number of nitriles is 4. The number of esters is 1. The van der Waals surface area contributed by atoms with E-state index in [-0.39, 0.29) is 5.97 Å². The average Bonchev–Trinajstić information content (AvgIpc) is 2.21. The fraction of sp³-hybridized carbons (Fsp3) is 0.583. The molecule has 0 radical (unpaired) electrons. The Balaban J connectivity index is -0.0000000412. The molecule has 0 aromatic carbocycles. The predicted molar refractivity (Wildman–Crippen MR) is 67.5 cm³/mol. The Morgan fingerprint density at radius 3 is 1.06 bits per heavy atom. The topological polar surface area (TPSA) is 121 Å². The monoisotopic (exact) mass is 252 g/mol. The lowest BCUT2D eigenvalue weighted by Gasteiger charge is -1.89. The Labute approximate surface area is 110 Å². The molecule has 0 spiro atoms. The second kappa shape index (κ2) is 63.0. The van der Waals surface area contributed by atoms with E-state index in [1.807, 2.05) is 0 Å². The molecule has 0 saturated carbocycles. The van der Waals surface area contributed by atoms with Gasteiger partial charge >= 0.3 is 5.97 Å². The molecule has 0 N–H and O–H groups in total. The molecule has 0 aromatic heterocycles. The van der Waals surface area contributed by atoms with Crippen LogP contribution in [0.25, 0.3) is 0 Å². The van der Waals surface area contributed by atoms with Gasteiger partial charge in [-0.2, -0.15) is 21.0 Å². The molecule has 0 heterocycles. The first-order valence-electron chi connectivity index (χ1n) is 4.80. The van der Waals surface area contributed by atoms with Crippen molar-refractivity contribution in [3.8, 4) is 24.3 Å². The third-order valence-electron chi connectivity index (χ3n) is 0.348. The van der Waals surface area contributed by atoms with Crippen molar-refractivity contribution in [3.63, 3.8) is 0 Å². The van der Waals surface area contributed by atoms with E-state index in [0.29, 0.717) is 6.61 Å². The number of hydrogen-bond acceptors (Lipinski definition) is 6. The molecule has 0 bridgehead atoms. The highest BCUT2D eigenvalue weighted by Gasteiger charge is 1.81. The number of rotatable bonds is 1. The second-order valence-electron chi connectivity index (χ2n) is 1.82. The van der Waals surface area contributed by atoms with Gasteiger partial charge in [-0.1, -0.05) is 0 Å². The van der Waals surface area contributed by atoms with Gasteiger partial charge in [-0.3, -0.25) is 4.79 Å². The zero-order chi connectivity index (χ0) is 15.8. The largest absolute Gasteiger partial charge is 0.466 e. The number of carbonyl (C=O) groups is 1. The summed E-state index contributed by atoms with van der Waals surface area (Å²) in [5.74, 6) is -0.211. The van der Waals surface area contributed by atoms with Crippen molar-refractivity contribution in [1.82, 2.24) is 0 Å². The lowest BCUT2D eigenvalue weighted by molar-refractivity contribution is -0.140. The Kier molecular flexibility index (Phi) is 103. The molecule has 0 rings (SSSR count). The van der Waals surface area contributed by atoms with Crippen LogP contribution in [-0.2, 0) is 9.53 Å². The van der Waals surface area contributed by atoms with Crippen LogP contribution in [-0.4, -0.2) is 12.6 Å². The SMILES string of the molecule is CC#N.CC#N.CC#N.CC#N.CCOC(C)=O. The molecular weight excluding hydrogens is 232 g/mol. The summed E-state index contributed by atoms with van der Waals surface area (Å²) in [6.45, 7) is 9.38. The van der Waals surface area contributed by atoms with E-state index in [0.717, 1.165) is 0 Å². The van der Waals surface area contributed by atoms with Crippen LogP contribution in [0, 0.1) is 45.3 Å². The summed E-state index contributed by atoms with van der Waals surface area (Å²) in [5.41, 5.74) is 0. The quantitative estimate of drug-likeness (QED) is 0.661. The first kappa shape index (κ1) is 29.5. The Morgan fingerprint density at radius 1 is 0.889 bits per heavy atom. The van der Waals surface area contributed by atoms with Crippen LogP contribution in [0.2, 0.25) is 0 Å². The third kappa shape index (κ3) is 11200. The molecule has 0 aliphatic carbocycles. The number of hydrogen-bond donors (Lipinski definition) is 0. The van der Waals surface area contributed by atoms with Crippen molar-refractivity contribution in [1.29, 1.82) is 21.0 Å². The van der Waals surface area contributed by atoms with E-state index in [2.05, 4.69) is 4.74 Å². The van der Waals surface area contributed by atoms with Crippen LogP contribution in [0.4, 0.5) is 0 Å². The molecular formula is C12H20N4O2. The van der Waals surface area contributed by atoms with E-state index in [1.165, 1.54) is 34.6 Å². The summed E-state index contributed by atoms with van der Waals surface area (Å²) in [6.07, 6.45) is 0. The number of ether oxygens (including phenoxy) is 1. The molecule has 0 atom stereocenters. The average molecular weight is 252 g/mol.